The van der Waals surface area contributed by atoms with Crippen molar-refractivity contribution in [3.63, 3.8) is 0 Å². The van der Waals surface area contributed by atoms with Crippen molar-refractivity contribution in [2.45, 2.75) is 31.4 Å². The summed E-state index contributed by atoms with van der Waals surface area (Å²) in [6.07, 6.45) is 1.96. The predicted octanol–water partition coefficient (Wildman–Crippen LogP) is 2.91. The lowest BCUT2D eigenvalue weighted by Crippen LogP contribution is -2.60. The van der Waals surface area contributed by atoms with Crippen LogP contribution in [0, 0.1) is 0 Å². The number of aromatic carboxylic acids is 1. The number of urea groups is 1. The van der Waals surface area contributed by atoms with E-state index in [0.717, 1.165) is 0 Å². The summed E-state index contributed by atoms with van der Waals surface area (Å²) >= 11 is 6.29. The van der Waals surface area contributed by atoms with E-state index in [0.29, 0.717) is 70.2 Å². The second-order valence-corrected chi connectivity index (χ2v) is 13.1. The van der Waals surface area contributed by atoms with E-state index < -0.39 is 35.8 Å². The Kier molecular flexibility index (Phi) is 9.75. The van der Waals surface area contributed by atoms with Crippen LogP contribution in [0.2, 0.25) is 5.02 Å². The number of aromatic amines is 1. The number of benzene rings is 3. The van der Waals surface area contributed by atoms with Crippen molar-refractivity contribution >= 4 is 69.3 Å². The van der Waals surface area contributed by atoms with Gasteiger partial charge in [-0.25, -0.2) is 9.59 Å². The molecular weight excluding hydrogens is 708 g/mol. The standard InChI is InChI=1S/C35H33ClN10O7/c36-22-3-8-28(46-19-37-41-42-46)29(18-22)44-13-14-45(33(50)32(44)49)30(31(48)38-24-6-7-26-21(16-24)17-27(40-26)34(51)52)15-20-1-4-23(5-2-20)39-35(53)43-11-9-25(47)10-12-43/h1-8,16-19,25,30,40,47H,9-15H2,(H,38,48)(H,39,53)(H,51,52)/t30-/m0/s1. The first-order chi connectivity index (χ1) is 25.5. The highest BCUT2D eigenvalue weighted by molar-refractivity contribution is 6.41. The van der Waals surface area contributed by atoms with Gasteiger partial charge in [0.05, 0.1) is 17.5 Å². The van der Waals surface area contributed by atoms with Gasteiger partial charge in [-0.1, -0.05) is 23.7 Å². The number of likely N-dealkylation sites (tertiary alicyclic amines) is 1. The molecule has 272 valence electrons. The van der Waals surface area contributed by atoms with Crippen LogP contribution in [0.1, 0.15) is 28.9 Å². The fourth-order valence-corrected chi connectivity index (χ4v) is 6.64. The van der Waals surface area contributed by atoms with Gasteiger partial charge in [0, 0.05) is 59.9 Å². The number of tetrazole rings is 1. The number of hydrogen-bond acceptors (Lipinski definition) is 9. The summed E-state index contributed by atoms with van der Waals surface area (Å²) in [5, 5.41) is 36.9. The van der Waals surface area contributed by atoms with Crippen LogP contribution in [-0.4, -0.2) is 113 Å². The lowest BCUT2D eigenvalue weighted by molar-refractivity contribution is -0.149. The maximum absolute atomic E-state index is 14.1. The fraction of sp³-hybridized carbons (Fsp3) is 0.257. The molecule has 2 fully saturated rings. The number of aromatic nitrogens is 5. The summed E-state index contributed by atoms with van der Waals surface area (Å²) in [4.78, 5) is 73.0. The van der Waals surface area contributed by atoms with Crippen LogP contribution in [0.15, 0.2) is 73.1 Å². The number of halogens is 1. The number of fused-ring (bicyclic) bond motifs is 1. The molecule has 4 heterocycles. The molecule has 2 saturated heterocycles. The third-order valence-electron chi connectivity index (χ3n) is 9.26. The molecule has 1 atom stereocenters. The minimum absolute atomic E-state index is 0.0122. The molecule has 0 aliphatic carbocycles. The summed E-state index contributed by atoms with van der Waals surface area (Å²) in [7, 11) is 0. The number of aliphatic hydroxyl groups is 1. The molecule has 0 spiro atoms. The van der Waals surface area contributed by atoms with Crippen LogP contribution < -0.4 is 15.5 Å². The quantitative estimate of drug-likeness (QED) is 0.139. The second-order valence-electron chi connectivity index (χ2n) is 12.7. The summed E-state index contributed by atoms with van der Waals surface area (Å²) in [5.74, 6) is -3.51. The Balaban J connectivity index is 1.13. The van der Waals surface area contributed by atoms with Gasteiger partial charge in [0.1, 0.15) is 18.1 Å². The smallest absolute Gasteiger partial charge is 0.352 e. The largest absolute Gasteiger partial charge is 0.477 e. The molecule has 5 amide bonds. The van der Waals surface area contributed by atoms with Gasteiger partial charge < -0.3 is 40.5 Å². The Morgan fingerprint density at radius 1 is 0.887 bits per heavy atom. The first kappa shape index (κ1) is 35.1. The minimum atomic E-state index is -1.15. The molecule has 0 unspecified atom stereocenters. The first-order valence-corrected chi connectivity index (χ1v) is 17.1. The maximum Gasteiger partial charge on any atom is 0.352 e. The van der Waals surface area contributed by atoms with Gasteiger partial charge >= 0.3 is 23.8 Å². The lowest BCUT2D eigenvalue weighted by Gasteiger charge is -2.38. The number of amides is 5. The number of hydrogen-bond donors (Lipinski definition) is 5. The second kappa shape index (κ2) is 14.7. The topological polar surface area (TPSA) is 219 Å². The van der Waals surface area contributed by atoms with Gasteiger partial charge in [-0.15, -0.1) is 5.10 Å². The number of piperidine rings is 1. The number of nitrogens with zero attached hydrogens (tertiary/aromatic N) is 7. The van der Waals surface area contributed by atoms with Gasteiger partial charge in [0.2, 0.25) is 5.91 Å². The van der Waals surface area contributed by atoms with E-state index in [4.69, 9.17) is 11.6 Å². The third kappa shape index (κ3) is 7.51. The Labute approximate surface area is 306 Å². The van der Waals surface area contributed by atoms with E-state index in [2.05, 4.69) is 31.1 Å². The first-order valence-electron chi connectivity index (χ1n) is 16.7. The van der Waals surface area contributed by atoms with Crippen molar-refractivity contribution in [3.05, 3.63) is 89.3 Å². The summed E-state index contributed by atoms with van der Waals surface area (Å²) in [5.41, 5.74) is 2.79. The minimum Gasteiger partial charge on any atom is -0.477 e. The molecule has 2 aliphatic rings. The Bertz CT molecular complexity index is 2200. The van der Waals surface area contributed by atoms with Crippen LogP contribution >= 0.6 is 11.6 Å². The number of aliphatic hydroxyl groups excluding tert-OH is 1. The number of carboxylic acids is 1. The average Bonchev–Trinajstić information content (AvgIpc) is 3.84. The molecule has 17 nitrogen and oxygen atoms in total. The predicted molar refractivity (Wildman–Crippen MR) is 192 cm³/mol. The molecule has 53 heavy (non-hydrogen) atoms. The number of carbonyl (C=O) groups is 5. The van der Waals surface area contributed by atoms with Crippen molar-refractivity contribution in [3.8, 4) is 5.69 Å². The van der Waals surface area contributed by atoms with Crippen LogP contribution in [0.5, 0.6) is 0 Å². The third-order valence-corrected chi connectivity index (χ3v) is 9.50. The summed E-state index contributed by atoms with van der Waals surface area (Å²) < 4.78 is 1.34. The summed E-state index contributed by atoms with van der Waals surface area (Å²) in [6, 6.07) is 16.4. The molecule has 7 rings (SSSR count). The number of carboxylic acid groups (broad SMARTS) is 1. The van der Waals surface area contributed by atoms with Crippen LogP contribution in [-0.2, 0) is 20.8 Å². The zero-order valence-electron chi connectivity index (χ0n) is 28.0. The number of piperazine rings is 1. The van der Waals surface area contributed by atoms with Crippen LogP contribution in [0.3, 0.4) is 0 Å². The molecule has 0 bridgehead atoms. The molecule has 5 aromatic rings. The number of carbonyl (C=O) groups excluding carboxylic acids is 4. The van der Waals surface area contributed by atoms with E-state index in [1.54, 1.807) is 59.5 Å². The number of nitrogens with one attached hydrogen (secondary N) is 3. The molecule has 0 saturated carbocycles. The average molecular weight is 741 g/mol. The van der Waals surface area contributed by atoms with Crippen molar-refractivity contribution in [2.24, 2.45) is 0 Å². The Morgan fingerprint density at radius 2 is 1.64 bits per heavy atom. The lowest BCUT2D eigenvalue weighted by atomic mass is 10.0. The zero-order chi connectivity index (χ0) is 37.2. The van der Waals surface area contributed by atoms with Crippen molar-refractivity contribution in [1.82, 2.24) is 35.0 Å². The van der Waals surface area contributed by atoms with E-state index in [-0.39, 0.29) is 31.2 Å². The number of H-pyrrole nitrogens is 1. The van der Waals surface area contributed by atoms with Crippen molar-refractivity contribution < 1.29 is 34.2 Å². The van der Waals surface area contributed by atoms with Crippen molar-refractivity contribution in [1.29, 1.82) is 0 Å². The van der Waals surface area contributed by atoms with Gasteiger partial charge in [0.25, 0.3) is 0 Å². The highest BCUT2D eigenvalue weighted by Crippen LogP contribution is 2.30. The molecular formula is C35H33ClN10O7. The number of anilines is 3. The SMILES string of the molecule is O=C(O)c1cc2cc(NC(=O)[C@H](Cc3ccc(NC(=O)N4CCC(O)CC4)cc3)N3CCN(c4cc(Cl)ccc4-n4cnnn4)C(=O)C3=O)ccc2[nH]1. The van der Waals surface area contributed by atoms with Gasteiger partial charge in [-0.2, -0.15) is 4.68 Å². The Hall–Kier alpha value is -6.33. The molecule has 2 aromatic heterocycles. The van der Waals surface area contributed by atoms with Gasteiger partial charge in [0.15, 0.2) is 0 Å². The van der Waals surface area contributed by atoms with Crippen LogP contribution in [0.25, 0.3) is 16.6 Å². The summed E-state index contributed by atoms with van der Waals surface area (Å²) in [6.45, 7) is 0.892. The van der Waals surface area contributed by atoms with Gasteiger partial charge in [-0.3, -0.25) is 14.4 Å². The van der Waals surface area contributed by atoms with Crippen LogP contribution in [0.4, 0.5) is 21.9 Å². The van der Waals surface area contributed by atoms with E-state index in [1.165, 1.54) is 32.9 Å². The van der Waals surface area contributed by atoms with E-state index >= 15 is 0 Å². The van der Waals surface area contributed by atoms with E-state index in [9.17, 15) is 34.2 Å². The Morgan fingerprint density at radius 3 is 2.36 bits per heavy atom. The number of rotatable bonds is 9. The molecule has 5 N–H and O–H groups in total. The maximum atomic E-state index is 14.1. The fourth-order valence-electron chi connectivity index (χ4n) is 6.47. The van der Waals surface area contributed by atoms with Crippen molar-refractivity contribution in [2.75, 3.05) is 41.7 Å². The zero-order valence-corrected chi connectivity index (χ0v) is 28.7. The van der Waals surface area contributed by atoms with E-state index in [1.807, 2.05) is 0 Å². The molecule has 18 heteroatoms. The normalized spacial score (nSPS) is 15.8. The molecule has 0 radical (unpaired) electrons. The highest BCUT2D eigenvalue weighted by Gasteiger charge is 2.40. The molecule has 2 aliphatic heterocycles. The molecule has 3 aromatic carbocycles. The monoisotopic (exact) mass is 740 g/mol. The van der Waals surface area contributed by atoms with Gasteiger partial charge in [-0.05, 0) is 83.4 Å². The highest BCUT2D eigenvalue weighted by atomic mass is 35.5.